The molecule has 19 heavy (non-hydrogen) atoms. The highest BCUT2D eigenvalue weighted by atomic mass is 79.9. The predicted octanol–water partition coefficient (Wildman–Crippen LogP) is 4.63. The van der Waals surface area contributed by atoms with Crippen LogP contribution in [0.1, 0.15) is 11.1 Å². The van der Waals surface area contributed by atoms with Crippen molar-refractivity contribution in [2.75, 3.05) is 0 Å². The molecule has 0 radical (unpaired) electrons. The second-order valence-electron chi connectivity index (χ2n) is 4.47. The minimum atomic E-state index is 0.131. The first kappa shape index (κ1) is 12.8. The summed E-state index contributed by atoms with van der Waals surface area (Å²) >= 11 is 6.91. The molecule has 3 aromatic rings. The van der Waals surface area contributed by atoms with Gasteiger partial charge in [0.05, 0.1) is 15.5 Å². The summed E-state index contributed by atoms with van der Waals surface area (Å²) in [5.74, 6) is 0.131. The first-order valence-corrected chi connectivity index (χ1v) is 7.33. The number of para-hydroxylation sites is 1. The van der Waals surface area contributed by atoms with Crippen LogP contribution in [-0.4, -0.2) is 15.1 Å². The molecule has 1 N–H and O–H groups in total. The van der Waals surface area contributed by atoms with Gasteiger partial charge in [-0.3, -0.25) is 0 Å². The Balaban J connectivity index is 2.59. The summed E-state index contributed by atoms with van der Waals surface area (Å²) in [5, 5.41) is 10.2. The summed E-state index contributed by atoms with van der Waals surface area (Å²) < 4.78 is 1.50. The minimum Gasteiger partial charge on any atom is -0.504 e. The summed E-state index contributed by atoms with van der Waals surface area (Å²) in [6, 6.07) is 5.84. The number of phenolic OH excluding ortho intramolecular Hbond substituents is 1. The highest BCUT2D eigenvalue weighted by molar-refractivity contribution is 9.11. The molecule has 96 valence electrons. The molecule has 0 saturated heterocycles. The Bertz CT molecular complexity index is 831. The molecule has 5 heteroatoms. The molecule has 3 nitrogen and oxygen atoms in total. The normalized spacial score (nSPS) is 11.4. The van der Waals surface area contributed by atoms with E-state index in [9.17, 15) is 5.11 Å². The van der Waals surface area contributed by atoms with Crippen molar-refractivity contribution >= 4 is 53.9 Å². The lowest BCUT2D eigenvalue weighted by atomic mass is 10.1. The average Bonchev–Trinajstić information content (AvgIpc) is 2.42. The number of phenols is 1. The molecule has 1 aromatic heterocycles. The summed E-state index contributed by atoms with van der Waals surface area (Å²) in [7, 11) is 0. The fraction of sp³-hybridized carbons (Fsp3) is 0.143. The molecule has 3 rings (SSSR count). The predicted molar refractivity (Wildman–Crippen MR) is 83.6 cm³/mol. The number of nitrogens with zero attached hydrogens (tertiary/aromatic N) is 2. The lowest BCUT2D eigenvalue weighted by molar-refractivity contribution is 0.476. The number of fused-ring (bicyclic) bond motifs is 2. The van der Waals surface area contributed by atoms with Crippen molar-refractivity contribution in [1.82, 2.24) is 9.97 Å². The van der Waals surface area contributed by atoms with Gasteiger partial charge in [-0.1, -0.05) is 12.1 Å². The van der Waals surface area contributed by atoms with Crippen LogP contribution in [0.4, 0.5) is 0 Å². The molecule has 0 aliphatic rings. The zero-order valence-electron chi connectivity index (χ0n) is 10.3. The van der Waals surface area contributed by atoms with E-state index in [4.69, 9.17) is 0 Å². The van der Waals surface area contributed by atoms with Crippen molar-refractivity contribution in [2.24, 2.45) is 0 Å². The van der Waals surface area contributed by atoms with Crippen molar-refractivity contribution in [1.29, 1.82) is 0 Å². The third kappa shape index (κ3) is 1.83. The standard InChI is InChI=1S/C14H10Br2N2O/c1-6-4-3-5-8-11(6)18-12-9(15)7(2)10(16)14(19)13(12)17-8/h3-5,19H,1-2H3. The Labute approximate surface area is 126 Å². The number of aromatic hydroxyl groups is 1. The van der Waals surface area contributed by atoms with E-state index in [0.29, 0.717) is 15.5 Å². The first-order chi connectivity index (χ1) is 9.00. The zero-order chi connectivity index (χ0) is 13.7. The number of hydrogen-bond donors (Lipinski definition) is 1. The van der Waals surface area contributed by atoms with Gasteiger partial charge in [-0.05, 0) is 62.9 Å². The van der Waals surface area contributed by atoms with E-state index in [2.05, 4.69) is 41.8 Å². The average molecular weight is 382 g/mol. The van der Waals surface area contributed by atoms with Crippen LogP contribution in [-0.2, 0) is 0 Å². The molecule has 0 aliphatic carbocycles. The highest BCUT2D eigenvalue weighted by Crippen LogP contribution is 2.40. The van der Waals surface area contributed by atoms with Crippen LogP contribution in [0.15, 0.2) is 27.1 Å². The summed E-state index contributed by atoms with van der Waals surface area (Å²) in [6.45, 7) is 3.92. The lowest BCUT2D eigenvalue weighted by Gasteiger charge is -2.10. The van der Waals surface area contributed by atoms with Crippen molar-refractivity contribution in [2.45, 2.75) is 13.8 Å². The molecule has 0 amide bonds. The number of hydrogen-bond acceptors (Lipinski definition) is 3. The maximum atomic E-state index is 10.2. The van der Waals surface area contributed by atoms with Gasteiger partial charge in [-0.2, -0.15) is 0 Å². The van der Waals surface area contributed by atoms with E-state index in [1.807, 2.05) is 32.0 Å². The lowest BCUT2D eigenvalue weighted by Crippen LogP contribution is -1.93. The molecule has 0 atom stereocenters. The van der Waals surface area contributed by atoms with E-state index in [1.165, 1.54) is 0 Å². The van der Waals surface area contributed by atoms with Gasteiger partial charge in [-0.15, -0.1) is 0 Å². The topological polar surface area (TPSA) is 46.0 Å². The monoisotopic (exact) mass is 380 g/mol. The molecule has 0 bridgehead atoms. The van der Waals surface area contributed by atoms with Crippen LogP contribution in [0.5, 0.6) is 5.75 Å². The van der Waals surface area contributed by atoms with E-state index in [0.717, 1.165) is 26.6 Å². The Morgan fingerprint density at radius 2 is 1.68 bits per heavy atom. The van der Waals surface area contributed by atoms with Crippen LogP contribution in [0.2, 0.25) is 0 Å². The zero-order valence-corrected chi connectivity index (χ0v) is 13.5. The van der Waals surface area contributed by atoms with Crippen LogP contribution >= 0.6 is 31.9 Å². The highest BCUT2D eigenvalue weighted by Gasteiger charge is 2.16. The SMILES string of the molecule is Cc1c(Br)c(O)c2nc3cccc(C)c3nc2c1Br. The number of benzene rings is 2. The van der Waals surface area contributed by atoms with E-state index in [-0.39, 0.29) is 5.75 Å². The van der Waals surface area contributed by atoms with Gasteiger partial charge in [0.2, 0.25) is 0 Å². The molecular weight excluding hydrogens is 372 g/mol. The van der Waals surface area contributed by atoms with Crippen molar-refractivity contribution in [3.8, 4) is 5.75 Å². The fourth-order valence-corrected chi connectivity index (χ4v) is 3.22. The quantitative estimate of drug-likeness (QED) is 0.577. The van der Waals surface area contributed by atoms with Gasteiger partial charge >= 0.3 is 0 Å². The maximum absolute atomic E-state index is 10.2. The first-order valence-electron chi connectivity index (χ1n) is 5.74. The van der Waals surface area contributed by atoms with Gasteiger partial charge in [0.1, 0.15) is 11.0 Å². The summed E-state index contributed by atoms with van der Waals surface area (Å²) in [4.78, 5) is 9.18. The van der Waals surface area contributed by atoms with Crippen molar-refractivity contribution < 1.29 is 5.11 Å². The van der Waals surface area contributed by atoms with E-state index < -0.39 is 0 Å². The number of halogens is 2. The molecule has 0 saturated carbocycles. The maximum Gasteiger partial charge on any atom is 0.158 e. The number of aryl methyl sites for hydroxylation is 1. The Kier molecular flexibility index (Phi) is 2.98. The molecule has 0 spiro atoms. The van der Waals surface area contributed by atoms with Crippen LogP contribution in [0, 0.1) is 13.8 Å². The molecule has 1 heterocycles. The second-order valence-corrected chi connectivity index (χ2v) is 6.05. The fourth-order valence-electron chi connectivity index (χ4n) is 2.09. The van der Waals surface area contributed by atoms with Gasteiger partial charge < -0.3 is 5.11 Å². The molecule has 0 aliphatic heterocycles. The Morgan fingerprint density at radius 1 is 0.947 bits per heavy atom. The van der Waals surface area contributed by atoms with Crippen LogP contribution in [0.25, 0.3) is 22.1 Å². The molecule has 2 aromatic carbocycles. The van der Waals surface area contributed by atoms with Crippen molar-refractivity contribution in [3.63, 3.8) is 0 Å². The van der Waals surface area contributed by atoms with Gasteiger partial charge in [-0.25, -0.2) is 9.97 Å². The van der Waals surface area contributed by atoms with Crippen molar-refractivity contribution in [3.05, 3.63) is 38.3 Å². The van der Waals surface area contributed by atoms with Crippen LogP contribution < -0.4 is 0 Å². The molecule has 0 fully saturated rings. The largest absolute Gasteiger partial charge is 0.504 e. The summed E-state index contributed by atoms with van der Waals surface area (Å²) in [5.41, 5.74) is 4.80. The van der Waals surface area contributed by atoms with Crippen LogP contribution in [0.3, 0.4) is 0 Å². The summed E-state index contributed by atoms with van der Waals surface area (Å²) in [6.07, 6.45) is 0. The number of rotatable bonds is 0. The Morgan fingerprint density at radius 3 is 2.42 bits per heavy atom. The third-order valence-corrected chi connectivity index (χ3v) is 5.14. The molecule has 0 unspecified atom stereocenters. The number of aromatic nitrogens is 2. The second kappa shape index (κ2) is 4.42. The molecular formula is C14H10Br2N2O. The van der Waals surface area contributed by atoms with Gasteiger partial charge in [0, 0.05) is 4.47 Å². The minimum absolute atomic E-state index is 0.131. The van der Waals surface area contributed by atoms with E-state index in [1.54, 1.807) is 0 Å². The third-order valence-electron chi connectivity index (χ3n) is 3.20. The van der Waals surface area contributed by atoms with Gasteiger partial charge in [0.25, 0.3) is 0 Å². The van der Waals surface area contributed by atoms with E-state index >= 15 is 0 Å². The Hall–Kier alpha value is -1.20. The smallest absolute Gasteiger partial charge is 0.158 e. The van der Waals surface area contributed by atoms with Gasteiger partial charge in [0.15, 0.2) is 5.75 Å².